The van der Waals surface area contributed by atoms with E-state index in [1.807, 2.05) is 30.3 Å². The summed E-state index contributed by atoms with van der Waals surface area (Å²) in [7, 11) is 1.30. The number of benzene rings is 1. The van der Waals surface area contributed by atoms with Crippen LogP contribution in [0.25, 0.3) is 0 Å². The second-order valence-electron chi connectivity index (χ2n) is 5.50. The first-order chi connectivity index (χ1) is 11.0. The molecule has 2 aromatic rings. The topological polar surface area (TPSA) is 60.7 Å². The maximum atomic E-state index is 12.4. The van der Waals surface area contributed by atoms with Gasteiger partial charge in [0.15, 0.2) is 4.80 Å². The summed E-state index contributed by atoms with van der Waals surface area (Å²) < 4.78 is 6.33. The van der Waals surface area contributed by atoms with Crippen molar-refractivity contribution in [2.24, 2.45) is 10.9 Å². The summed E-state index contributed by atoms with van der Waals surface area (Å²) in [4.78, 5) is 29.4. The largest absolute Gasteiger partial charge is 0.465 e. The third-order valence-electron chi connectivity index (χ3n) is 3.25. The van der Waals surface area contributed by atoms with E-state index >= 15 is 0 Å². The quantitative estimate of drug-likeness (QED) is 0.791. The fraction of sp³-hybridized carbons (Fsp3) is 0.353. The van der Waals surface area contributed by atoms with Crippen molar-refractivity contribution < 1.29 is 9.53 Å². The van der Waals surface area contributed by atoms with E-state index in [4.69, 9.17) is 4.74 Å². The molecule has 0 aliphatic carbocycles. The Hall–Kier alpha value is -2.21. The number of rotatable bonds is 5. The Morgan fingerprint density at radius 1 is 1.30 bits per heavy atom. The number of para-hydroxylation sites is 1. The molecular formula is C17H20N2O3S. The minimum atomic E-state index is -0.521. The number of carbonyl (C=O) groups excluding carboxylic acids is 1. The van der Waals surface area contributed by atoms with Crippen molar-refractivity contribution in [3.63, 3.8) is 0 Å². The van der Waals surface area contributed by atoms with Crippen molar-refractivity contribution in [3.8, 4) is 0 Å². The van der Waals surface area contributed by atoms with Gasteiger partial charge >= 0.3 is 5.97 Å². The molecule has 1 heterocycles. The molecule has 1 aromatic carbocycles. The number of hydrogen-bond acceptors (Lipinski definition) is 5. The molecule has 0 N–H and O–H groups in total. The van der Waals surface area contributed by atoms with Crippen LogP contribution in [0.5, 0.6) is 0 Å². The number of esters is 1. The predicted molar refractivity (Wildman–Crippen MR) is 91.0 cm³/mol. The summed E-state index contributed by atoms with van der Waals surface area (Å²) >= 11 is 1.16. The maximum absolute atomic E-state index is 12.4. The zero-order valence-corrected chi connectivity index (χ0v) is 14.3. The molecule has 0 aliphatic rings. The van der Waals surface area contributed by atoms with Gasteiger partial charge in [0, 0.05) is 12.6 Å². The molecule has 2 rings (SSSR count). The summed E-state index contributed by atoms with van der Waals surface area (Å²) in [6.07, 6.45) is 0.863. The van der Waals surface area contributed by atoms with E-state index in [1.54, 1.807) is 4.57 Å². The molecule has 23 heavy (non-hydrogen) atoms. The van der Waals surface area contributed by atoms with Crippen LogP contribution in [0, 0.1) is 5.92 Å². The molecule has 0 aliphatic heterocycles. The van der Waals surface area contributed by atoms with E-state index in [1.165, 1.54) is 13.2 Å². The molecule has 122 valence electrons. The molecular weight excluding hydrogens is 312 g/mol. The predicted octanol–water partition coefficient (Wildman–Crippen LogP) is 2.97. The van der Waals surface area contributed by atoms with E-state index in [0.29, 0.717) is 17.3 Å². The minimum absolute atomic E-state index is 0.237. The van der Waals surface area contributed by atoms with Gasteiger partial charge in [0.05, 0.1) is 12.8 Å². The van der Waals surface area contributed by atoms with E-state index < -0.39 is 5.97 Å². The summed E-state index contributed by atoms with van der Waals surface area (Å²) in [6, 6.07) is 10.7. The number of methoxy groups -OCH3 is 1. The molecule has 0 unspecified atom stereocenters. The molecule has 1 aromatic heterocycles. The Morgan fingerprint density at radius 2 is 2.00 bits per heavy atom. The van der Waals surface area contributed by atoms with Crippen molar-refractivity contribution in [2.75, 3.05) is 7.11 Å². The second-order valence-corrected chi connectivity index (χ2v) is 6.51. The Bertz CT molecular complexity index is 791. The monoisotopic (exact) mass is 332 g/mol. The van der Waals surface area contributed by atoms with Gasteiger partial charge < -0.3 is 4.74 Å². The molecule has 0 fully saturated rings. The van der Waals surface area contributed by atoms with Crippen LogP contribution in [0.3, 0.4) is 0 Å². The molecule has 0 amide bonds. The number of nitrogens with zero attached hydrogens (tertiary/aromatic N) is 2. The van der Waals surface area contributed by atoms with Crippen molar-refractivity contribution in [2.45, 2.75) is 26.8 Å². The van der Waals surface area contributed by atoms with Gasteiger partial charge in [-0.05, 0) is 24.5 Å². The Labute approximate surface area is 138 Å². The number of carbonyl (C=O) groups is 1. The second kappa shape index (κ2) is 7.87. The van der Waals surface area contributed by atoms with Crippen LogP contribution in [0.15, 0.2) is 46.2 Å². The van der Waals surface area contributed by atoms with E-state index in [-0.39, 0.29) is 10.4 Å². The van der Waals surface area contributed by atoms with E-state index in [0.717, 1.165) is 23.4 Å². The summed E-state index contributed by atoms with van der Waals surface area (Å²) in [5.74, 6) is -0.0515. The van der Waals surface area contributed by atoms with Crippen molar-refractivity contribution >= 4 is 23.0 Å². The van der Waals surface area contributed by atoms with Crippen LogP contribution < -0.4 is 10.4 Å². The van der Waals surface area contributed by atoms with E-state index in [2.05, 4.69) is 18.8 Å². The van der Waals surface area contributed by atoms with E-state index in [9.17, 15) is 9.59 Å². The number of ether oxygens (including phenoxy) is 1. The van der Waals surface area contributed by atoms with Gasteiger partial charge in [0.2, 0.25) is 0 Å². The maximum Gasteiger partial charge on any atom is 0.348 e. The van der Waals surface area contributed by atoms with Crippen molar-refractivity contribution in [1.29, 1.82) is 0 Å². The minimum Gasteiger partial charge on any atom is -0.465 e. The fourth-order valence-corrected chi connectivity index (χ4v) is 2.92. The molecule has 0 bridgehead atoms. The average molecular weight is 332 g/mol. The molecule has 0 saturated carbocycles. The molecule has 0 atom stereocenters. The van der Waals surface area contributed by atoms with Gasteiger partial charge in [-0.15, -0.1) is 0 Å². The van der Waals surface area contributed by atoms with Gasteiger partial charge in [-0.3, -0.25) is 9.36 Å². The van der Waals surface area contributed by atoms with Crippen LogP contribution >= 0.6 is 11.3 Å². The van der Waals surface area contributed by atoms with Crippen LogP contribution in [0.1, 0.15) is 29.9 Å². The molecule has 0 saturated heterocycles. The first kappa shape index (κ1) is 17.1. The summed E-state index contributed by atoms with van der Waals surface area (Å²) in [5, 5.41) is 0. The van der Waals surface area contributed by atoms with Gasteiger partial charge in [-0.25, -0.2) is 9.79 Å². The third-order valence-corrected chi connectivity index (χ3v) is 4.25. The lowest BCUT2D eigenvalue weighted by molar-refractivity contribution is 0.0605. The summed E-state index contributed by atoms with van der Waals surface area (Å²) in [5.41, 5.74) is 0.503. The van der Waals surface area contributed by atoms with Crippen molar-refractivity contribution in [1.82, 2.24) is 4.57 Å². The van der Waals surface area contributed by atoms with Crippen molar-refractivity contribution in [3.05, 3.63) is 56.4 Å². The van der Waals surface area contributed by atoms with Crippen LogP contribution in [0.4, 0.5) is 5.69 Å². The standard InChI is InChI=1S/C17H20N2O3S/c1-12(2)9-10-19-15(20)11-14(16(21)22-3)23-17(19)18-13-7-5-4-6-8-13/h4-8,11-12H,9-10H2,1-3H3. The fourth-order valence-electron chi connectivity index (χ4n) is 1.96. The highest BCUT2D eigenvalue weighted by Crippen LogP contribution is 2.10. The first-order valence-electron chi connectivity index (χ1n) is 7.44. The highest BCUT2D eigenvalue weighted by Gasteiger charge is 2.11. The Balaban J connectivity index is 2.59. The molecule has 6 heteroatoms. The number of aromatic nitrogens is 1. The molecule has 0 spiro atoms. The van der Waals surface area contributed by atoms with Crippen LogP contribution in [-0.4, -0.2) is 17.6 Å². The lowest BCUT2D eigenvalue weighted by atomic mass is 10.1. The van der Waals surface area contributed by atoms with Gasteiger partial charge in [-0.2, -0.15) is 0 Å². The number of hydrogen-bond donors (Lipinski definition) is 0. The Morgan fingerprint density at radius 3 is 2.61 bits per heavy atom. The zero-order chi connectivity index (χ0) is 16.8. The van der Waals surface area contributed by atoms with Crippen LogP contribution in [-0.2, 0) is 11.3 Å². The SMILES string of the molecule is COC(=O)c1cc(=O)n(CCC(C)C)c(=Nc2ccccc2)s1. The zero-order valence-electron chi connectivity index (χ0n) is 13.5. The molecule has 5 nitrogen and oxygen atoms in total. The lowest BCUT2D eigenvalue weighted by Crippen LogP contribution is -2.33. The molecule has 0 radical (unpaired) electrons. The van der Waals surface area contributed by atoms with Gasteiger partial charge in [-0.1, -0.05) is 43.4 Å². The average Bonchev–Trinajstić information content (AvgIpc) is 2.53. The highest BCUT2D eigenvalue weighted by atomic mass is 32.1. The smallest absolute Gasteiger partial charge is 0.348 e. The van der Waals surface area contributed by atoms with Crippen LogP contribution in [0.2, 0.25) is 0 Å². The first-order valence-corrected chi connectivity index (χ1v) is 8.26. The highest BCUT2D eigenvalue weighted by molar-refractivity contribution is 7.11. The Kier molecular flexibility index (Phi) is 5.87. The lowest BCUT2D eigenvalue weighted by Gasteiger charge is -2.09. The summed E-state index contributed by atoms with van der Waals surface area (Å²) in [6.45, 7) is 4.77. The normalized spacial score (nSPS) is 11.7. The third kappa shape index (κ3) is 4.63. The van der Waals surface area contributed by atoms with Gasteiger partial charge in [0.25, 0.3) is 5.56 Å². The van der Waals surface area contributed by atoms with Gasteiger partial charge in [0.1, 0.15) is 4.88 Å².